The van der Waals surface area contributed by atoms with Gasteiger partial charge in [-0.05, 0) is 24.1 Å². The van der Waals surface area contributed by atoms with Gasteiger partial charge in [0.05, 0.1) is 5.59 Å². The summed E-state index contributed by atoms with van der Waals surface area (Å²) in [6.07, 6.45) is 1.94. The van der Waals surface area contributed by atoms with Crippen molar-refractivity contribution < 1.29 is 14.8 Å². The molecule has 1 aromatic heterocycles. The molecule has 21 heavy (non-hydrogen) atoms. The van der Waals surface area contributed by atoms with Gasteiger partial charge in [-0.1, -0.05) is 6.07 Å². The van der Waals surface area contributed by atoms with E-state index in [2.05, 4.69) is 15.3 Å². The van der Waals surface area contributed by atoms with Crippen LogP contribution in [0.2, 0.25) is 0 Å². The number of aromatic nitrogens is 2. The molecule has 1 aliphatic rings. The summed E-state index contributed by atoms with van der Waals surface area (Å²) in [6.45, 7) is 0.589. The Morgan fingerprint density at radius 1 is 1.33 bits per heavy atom. The first-order valence-electron chi connectivity index (χ1n) is 6.46. The van der Waals surface area contributed by atoms with Crippen molar-refractivity contribution in [3.8, 4) is 11.3 Å². The average Bonchev–Trinajstić information content (AvgIpc) is 2.47. The molecule has 0 saturated carbocycles. The lowest BCUT2D eigenvalue weighted by Gasteiger charge is -2.17. The minimum atomic E-state index is -1.71. The molecule has 1 aromatic carbocycles. The molecule has 0 fully saturated rings. The number of hydrogen-bond acceptors (Lipinski definition) is 6. The minimum Gasteiger partial charge on any atom is -0.422 e. The molecular formula is C13H13BN4O3. The summed E-state index contributed by atoms with van der Waals surface area (Å²) in [5, 5.41) is 21.1. The summed E-state index contributed by atoms with van der Waals surface area (Å²) in [5.74, 6) is 0.0981. The molecule has 0 saturated heterocycles. The quantitative estimate of drug-likeness (QED) is 0.508. The summed E-state index contributed by atoms with van der Waals surface area (Å²) in [5.41, 5.74) is 8.44. The minimum absolute atomic E-state index is 0.0228. The van der Waals surface area contributed by atoms with Crippen molar-refractivity contribution >= 4 is 24.4 Å². The van der Waals surface area contributed by atoms with Crippen LogP contribution in [0.4, 0.5) is 5.82 Å². The third-order valence-electron chi connectivity index (χ3n) is 3.39. The molecule has 0 spiro atoms. The summed E-state index contributed by atoms with van der Waals surface area (Å²) in [4.78, 5) is 19.8. The Morgan fingerprint density at radius 2 is 2.14 bits per heavy atom. The van der Waals surface area contributed by atoms with Gasteiger partial charge in [-0.2, -0.15) is 0 Å². The van der Waals surface area contributed by atoms with Crippen LogP contribution in [0, 0.1) is 0 Å². The highest BCUT2D eigenvalue weighted by Crippen LogP contribution is 2.25. The molecule has 1 aliphatic heterocycles. The van der Waals surface area contributed by atoms with Crippen molar-refractivity contribution in [2.75, 3.05) is 12.3 Å². The fourth-order valence-corrected chi connectivity index (χ4v) is 2.32. The van der Waals surface area contributed by atoms with E-state index in [1.54, 1.807) is 12.1 Å². The molecule has 3 rings (SSSR count). The summed E-state index contributed by atoms with van der Waals surface area (Å²) < 4.78 is 0. The number of benzene rings is 1. The third-order valence-corrected chi connectivity index (χ3v) is 3.39. The first kappa shape index (κ1) is 13.5. The van der Waals surface area contributed by atoms with Crippen LogP contribution in [0.1, 0.15) is 15.9 Å². The fraction of sp³-hybridized carbons (Fsp3) is 0.154. The molecule has 7 nitrogen and oxygen atoms in total. The lowest BCUT2D eigenvalue weighted by atomic mass is 9.86. The maximum absolute atomic E-state index is 11.7. The Kier molecular flexibility index (Phi) is 3.32. The van der Waals surface area contributed by atoms with Crippen molar-refractivity contribution in [1.82, 2.24) is 15.3 Å². The van der Waals surface area contributed by atoms with Crippen LogP contribution in [0.15, 0.2) is 24.4 Å². The Hall–Kier alpha value is -2.45. The predicted octanol–water partition coefficient (Wildman–Crippen LogP) is -1.31. The first-order valence-corrected chi connectivity index (χ1v) is 6.46. The molecule has 8 heteroatoms. The van der Waals surface area contributed by atoms with E-state index < -0.39 is 7.12 Å². The van der Waals surface area contributed by atoms with Gasteiger partial charge in [-0.15, -0.1) is 0 Å². The molecule has 0 radical (unpaired) electrons. The molecule has 5 N–H and O–H groups in total. The van der Waals surface area contributed by atoms with Gasteiger partial charge in [0.25, 0.3) is 5.91 Å². The third kappa shape index (κ3) is 2.46. The first-order chi connectivity index (χ1) is 10.1. The van der Waals surface area contributed by atoms with Crippen LogP contribution in [0.25, 0.3) is 11.3 Å². The molecule has 0 atom stereocenters. The molecule has 2 heterocycles. The van der Waals surface area contributed by atoms with Crippen molar-refractivity contribution in [3.05, 3.63) is 35.5 Å². The van der Waals surface area contributed by atoms with E-state index >= 15 is 0 Å². The monoisotopic (exact) mass is 284 g/mol. The zero-order valence-electron chi connectivity index (χ0n) is 11.1. The van der Waals surface area contributed by atoms with E-state index in [1.807, 2.05) is 6.07 Å². The second-order valence-corrected chi connectivity index (χ2v) is 4.78. The highest BCUT2D eigenvalue weighted by atomic mass is 16.4. The van der Waals surface area contributed by atoms with Crippen molar-refractivity contribution in [2.24, 2.45) is 0 Å². The summed E-state index contributed by atoms with van der Waals surface area (Å²) in [7, 11) is -1.71. The van der Waals surface area contributed by atoms with E-state index in [0.29, 0.717) is 23.4 Å². The molecule has 0 bridgehead atoms. The molecule has 2 aromatic rings. The number of carbonyl (C=O) groups is 1. The van der Waals surface area contributed by atoms with Crippen LogP contribution < -0.4 is 16.6 Å². The van der Waals surface area contributed by atoms with E-state index in [1.165, 1.54) is 6.20 Å². The molecule has 0 aliphatic carbocycles. The van der Waals surface area contributed by atoms with Gasteiger partial charge < -0.3 is 21.1 Å². The van der Waals surface area contributed by atoms with E-state index in [0.717, 1.165) is 12.0 Å². The van der Waals surface area contributed by atoms with E-state index in [-0.39, 0.29) is 17.3 Å². The van der Waals surface area contributed by atoms with Crippen LogP contribution in [-0.2, 0) is 6.42 Å². The van der Waals surface area contributed by atoms with Gasteiger partial charge >= 0.3 is 7.12 Å². The lowest BCUT2D eigenvalue weighted by Crippen LogP contribution is -2.34. The number of hydrogen-bond donors (Lipinski definition) is 4. The Morgan fingerprint density at radius 3 is 2.90 bits per heavy atom. The normalized spacial score (nSPS) is 13.5. The largest absolute Gasteiger partial charge is 0.509 e. The second kappa shape index (κ2) is 5.15. The predicted molar refractivity (Wildman–Crippen MR) is 77.7 cm³/mol. The molecule has 0 unspecified atom stereocenters. The van der Waals surface area contributed by atoms with Gasteiger partial charge in [-0.25, -0.2) is 4.98 Å². The average molecular weight is 284 g/mol. The van der Waals surface area contributed by atoms with Crippen LogP contribution >= 0.6 is 0 Å². The van der Waals surface area contributed by atoms with Gasteiger partial charge in [0.1, 0.15) is 11.5 Å². The van der Waals surface area contributed by atoms with E-state index in [9.17, 15) is 14.8 Å². The Balaban J connectivity index is 2.09. The zero-order valence-corrected chi connectivity index (χ0v) is 11.1. The van der Waals surface area contributed by atoms with Crippen LogP contribution in [-0.4, -0.2) is 39.6 Å². The van der Waals surface area contributed by atoms with Crippen molar-refractivity contribution in [3.63, 3.8) is 0 Å². The number of amides is 1. The van der Waals surface area contributed by atoms with Gasteiger partial charge in [-0.3, -0.25) is 9.78 Å². The summed E-state index contributed by atoms with van der Waals surface area (Å²) in [6, 6.07) is 5.27. The number of nitrogens with two attached hydrogens (primary N) is 1. The number of fused-ring (bicyclic) bond motifs is 1. The fourth-order valence-electron chi connectivity index (χ4n) is 2.32. The van der Waals surface area contributed by atoms with Gasteiger partial charge in [0, 0.05) is 23.9 Å². The molecular weight excluding hydrogens is 271 g/mol. The Bertz CT molecular complexity index is 721. The summed E-state index contributed by atoms with van der Waals surface area (Å²) >= 11 is 0. The molecule has 106 valence electrons. The zero-order chi connectivity index (χ0) is 15.0. The number of nitrogen functional groups attached to an aromatic ring is 1. The van der Waals surface area contributed by atoms with Crippen molar-refractivity contribution in [2.45, 2.75) is 6.42 Å². The number of nitrogens with one attached hydrogen (secondary N) is 1. The topological polar surface area (TPSA) is 121 Å². The SMILES string of the molecule is Nc1ncc(B(O)O)nc1-c1ccc2c(c1)CCNC2=O. The van der Waals surface area contributed by atoms with Crippen LogP contribution in [0.3, 0.4) is 0 Å². The van der Waals surface area contributed by atoms with E-state index in [4.69, 9.17) is 5.73 Å². The Labute approximate surface area is 121 Å². The smallest absolute Gasteiger partial charge is 0.422 e. The second-order valence-electron chi connectivity index (χ2n) is 4.78. The molecule has 1 amide bonds. The van der Waals surface area contributed by atoms with Gasteiger partial charge in [0.15, 0.2) is 0 Å². The van der Waals surface area contributed by atoms with Crippen LogP contribution in [0.5, 0.6) is 0 Å². The maximum Gasteiger partial charge on any atom is 0.509 e. The highest BCUT2D eigenvalue weighted by Gasteiger charge is 2.20. The highest BCUT2D eigenvalue weighted by molar-refractivity contribution is 6.57. The maximum atomic E-state index is 11.7. The standard InChI is InChI=1S/C13H13BN4O3/c15-12-11(18-10(6-17-12)14(20)21)8-1-2-9-7(5-8)3-4-16-13(9)19/h1-2,5-6,20-21H,3-4H2,(H2,15,17)(H,16,19). The van der Waals surface area contributed by atoms with Crippen molar-refractivity contribution in [1.29, 1.82) is 0 Å². The number of carbonyl (C=O) groups excluding carboxylic acids is 1. The van der Waals surface area contributed by atoms with Gasteiger partial charge in [0.2, 0.25) is 0 Å². The lowest BCUT2D eigenvalue weighted by molar-refractivity contribution is 0.0946. The number of anilines is 1. The number of rotatable bonds is 2. The number of nitrogens with zero attached hydrogens (tertiary/aromatic N) is 2.